The van der Waals surface area contributed by atoms with E-state index in [9.17, 15) is 0 Å². The van der Waals surface area contributed by atoms with Crippen molar-refractivity contribution in [3.63, 3.8) is 0 Å². The van der Waals surface area contributed by atoms with Crippen LogP contribution in [0.1, 0.15) is 24.8 Å². The van der Waals surface area contributed by atoms with Gasteiger partial charge in [-0.15, -0.1) is 0 Å². The van der Waals surface area contributed by atoms with Gasteiger partial charge in [0.15, 0.2) is 0 Å². The molecule has 2 aliphatic heterocycles. The number of benzene rings is 1. The van der Waals surface area contributed by atoms with E-state index in [1.54, 1.807) is 0 Å². The lowest BCUT2D eigenvalue weighted by Crippen LogP contribution is -2.24. The minimum atomic E-state index is 0.602. The molecule has 0 spiro atoms. The molecule has 0 radical (unpaired) electrons. The molecule has 2 N–H and O–H groups in total. The van der Waals surface area contributed by atoms with E-state index in [-0.39, 0.29) is 0 Å². The highest BCUT2D eigenvalue weighted by Crippen LogP contribution is 2.21. The zero-order chi connectivity index (χ0) is 12.2. The van der Waals surface area contributed by atoms with E-state index in [1.165, 1.54) is 43.6 Å². The third-order valence-corrected chi connectivity index (χ3v) is 4.03. The van der Waals surface area contributed by atoms with Crippen LogP contribution in [-0.4, -0.2) is 37.1 Å². The first-order valence-corrected chi connectivity index (χ1v) is 7.19. The normalized spacial score (nSPS) is 24.6. The predicted molar refractivity (Wildman–Crippen MR) is 75.9 cm³/mol. The Balaban J connectivity index is 1.67. The maximum absolute atomic E-state index is 3.69. The summed E-state index contributed by atoms with van der Waals surface area (Å²) >= 11 is 0. The number of anilines is 1. The van der Waals surface area contributed by atoms with Crippen molar-refractivity contribution in [1.82, 2.24) is 10.2 Å². The van der Waals surface area contributed by atoms with Crippen LogP contribution in [0, 0.1) is 0 Å². The van der Waals surface area contributed by atoms with Crippen molar-refractivity contribution in [2.24, 2.45) is 0 Å². The summed E-state index contributed by atoms with van der Waals surface area (Å²) in [4.78, 5) is 2.56. The summed E-state index contributed by atoms with van der Waals surface area (Å²) in [5, 5.41) is 7.11. The highest BCUT2D eigenvalue weighted by Gasteiger charge is 2.17. The summed E-state index contributed by atoms with van der Waals surface area (Å²) in [6.07, 6.45) is 3.96. The lowest BCUT2D eigenvalue weighted by molar-refractivity contribution is 0.332. The van der Waals surface area contributed by atoms with E-state index in [0.29, 0.717) is 6.04 Å². The standard InChI is InChI=1S/C15H23N3/c1-2-6-15(17-14-7-8-16-11-14)13(5-1)12-18-9-3-4-10-18/h1-2,5-6,14,16-17H,3-4,7-12H2. The lowest BCUT2D eigenvalue weighted by atomic mass is 10.1. The van der Waals surface area contributed by atoms with Crippen LogP contribution in [0.3, 0.4) is 0 Å². The number of para-hydroxylation sites is 1. The van der Waals surface area contributed by atoms with E-state index in [2.05, 4.69) is 39.8 Å². The van der Waals surface area contributed by atoms with Crippen LogP contribution in [0.15, 0.2) is 24.3 Å². The van der Waals surface area contributed by atoms with E-state index in [1.807, 2.05) is 0 Å². The smallest absolute Gasteiger partial charge is 0.0398 e. The molecule has 0 amide bonds. The summed E-state index contributed by atoms with van der Waals surface area (Å²) in [6.45, 7) is 5.87. The quantitative estimate of drug-likeness (QED) is 0.850. The zero-order valence-corrected chi connectivity index (χ0v) is 11.0. The van der Waals surface area contributed by atoms with Crippen LogP contribution < -0.4 is 10.6 Å². The van der Waals surface area contributed by atoms with Crippen molar-refractivity contribution >= 4 is 5.69 Å². The summed E-state index contributed by atoms with van der Waals surface area (Å²) in [7, 11) is 0. The third-order valence-electron chi connectivity index (χ3n) is 4.03. The van der Waals surface area contributed by atoms with Crippen molar-refractivity contribution in [3.8, 4) is 0 Å². The molecule has 2 aliphatic rings. The van der Waals surface area contributed by atoms with E-state index < -0.39 is 0 Å². The molecular weight excluding hydrogens is 222 g/mol. The Kier molecular flexibility index (Phi) is 3.81. The Morgan fingerprint density at radius 1 is 1.22 bits per heavy atom. The van der Waals surface area contributed by atoms with Crippen molar-refractivity contribution in [2.45, 2.75) is 31.8 Å². The highest BCUT2D eigenvalue weighted by atomic mass is 15.1. The maximum Gasteiger partial charge on any atom is 0.0398 e. The monoisotopic (exact) mass is 245 g/mol. The molecule has 1 atom stereocenters. The topological polar surface area (TPSA) is 27.3 Å². The van der Waals surface area contributed by atoms with Gasteiger partial charge >= 0.3 is 0 Å². The molecule has 0 aromatic heterocycles. The largest absolute Gasteiger partial charge is 0.381 e. The first-order valence-electron chi connectivity index (χ1n) is 7.19. The van der Waals surface area contributed by atoms with Crippen LogP contribution in [-0.2, 0) is 6.54 Å². The molecule has 0 aliphatic carbocycles. The third kappa shape index (κ3) is 2.85. The van der Waals surface area contributed by atoms with Gasteiger partial charge in [0.05, 0.1) is 0 Å². The summed E-state index contributed by atoms with van der Waals surface area (Å²) in [5.74, 6) is 0. The minimum Gasteiger partial charge on any atom is -0.381 e. The van der Waals surface area contributed by atoms with Crippen LogP contribution in [0.4, 0.5) is 5.69 Å². The molecule has 2 saturated heterocycles. The number of rotatable bonds is 4. The molecule has 18 heavy (non-hydrogen) atoms. The summed E-state index contributed by atoms with van der Waals surface area (Å²) < 4.78 is 0. The Hall–Kier alpha value is -1.06. The molecular formula is C15H23N3. The molecule has 0 bridgehead atoms. The van der Waals surface area contributed by atoms with Gasteiger partial charge in [-0.05, 0) is 50.5 Å². The second-order valence-electron chi connectivity index (χ2n) is 5.47. The predicted octanol–water partition coefficient (Wildman–Crippen LogP) is 2.06. The van der Waals surface area contributed by atoms with Crippen LogP contribution in [0.2, 0.25) is 0 Å². The second-order valence-corrected chi connectivity index (χ2v) is 5.47. The SMILES string of the molecule is c1ccc(NC2CCNC2)c(CN2CCCC2)c1. The minimum absolute atomic E-state index is 0.602. The molecule has 3 heteroatoms. The first kappa shape index (κ1) is 12.0. The zero-order valence-electron chi connectivity index (χ0n) is 11.0. The summed E-state index contributed by atoms with van der Waals surface area (Å²) in [5.41, 5.74) is 2.78. The van der Waals surface area contributed by atoms with Crippen LogP contribution >= 0.6 is 0 Å². The van der Waals surface area contributed by atoms with Crippen LogP contribution in [0.5, 0.6) is 0 Å². The van der Waals surface area contributed by atoms with Gasteiger partial charge in [-0.2, -0.15) is 0 Å². The van der Waals surface area contributed by atoms with Gasteiger partial charge in [0.2, 0.25) is 0 Å². The average Bonchev–Trinajstić information content (AvgIpc) is 3.05. The Labute approximate surface area is 110 Å². The lowest BCUT2D eigenvalue weighted by Gasteiger charge is -2.20. The fourth-order valence-electron chi connectivity index (χ4n) is 2.98. The molecule has 3 rings (SSSR count). The summed E-state index contributed by atoms with van der Waals surface area (Å²) in [6, 6.07) is 9.39. The Morgan fingerprint density at radius 3 is 2.83 bits per heavy atom. The van der Waals surface area contributed by atoms with Crippen LogP contribution in [0.25, 0.3) is 0 Å². The van der Waals surface area contributed by atoms with Gasteiger partial charge in [0.1, 0.15) is 0 Å². The molecule has 1 aromatic rings. The molecule has 0 saturated carbocycles. The number of nitrogens with zero attached hydrogens (tertiary/aromatic N) is 1. The van der Waals surface area contributed by atoms with Crippen molar-refractivity contribution < 1.29 is 0 Å². The van der Waals surface area contributed by atoms with E-state index in [0.717, 1.165) is 19.6 Å². The number of hydrogen-bond donors (Lipinski definition) is 2. The number of hydrogen-bond acceptors (Lipinski definition) is 3. The van der Waals surface area contributed by atoms with Gasteiger partial charge in [-0.25, -0.2) is 0 Å². The molecule has 2 heterocycles. The molecule has 1 unspecified atom stereocenters. The maximum atomic E-state index is 3.69. The average molecular weight is 245 g/mol. The Morgan fingerprint density at radius 2 is 2.06 bits per heavy atom. The van der Waals surface area contributed by atoms with Gasteiger partial charge in [-0.3, -0.25) is 4.90 Å². The van der Waals surface area contributed by atoms with Gasteiger partial charge in [-0.1, -0.05) is 18.2 Å². The molecule has 1 aromatic carbocycles. The molecule has 98 valence electrons. The van der Waals surface area contributed by atoms with Gasteiger partial charge in [0, 0.05) is 24.8 Å². The fourth-order valence-corrected chi connectivity index (χ4v) is 2.98. The van der Waals surface area contributed by atoms with E-state index >= 15 is 0 Å². The van der Waals surface area contributed by atoms with Crippen molar-refractivity contribution in [1.29, 1.82) is 0 Å². The highest BCUT2D eigenvalue weighted by molar-refractivity contribution is 5.52. The van der Waals surface area contributed by atoms with Crippen molar-refractivity contribution in [3.05, 3.63) is 29.8 Å². The first-order chi connectivity index (χ1) is 8.92. The van der Waals surface area contributed by atoms with Gasteiger partial charge in [0.25, 0.3) is 0 Å². The van der Waals surface area contributed by atoms with Gasteiger partial charge < -0.3 is 10.6 Å². The Bertz CT molecular complexity index is 342. The molecule has 2 fully saturated rings. The fraction of sp³-hybridized carbons (Fsp3) is 0.600. The number of nitrogens with one attached hydrogen (secondary N) is 2. The number of likely N-dealkylation sites (tertiary alicyclic amines) is 1. The molecule has 3 nitrogen and oxygen atoms in total. The van der Waals surface area contributed by atoms with Crippen molar-refractivity contribution in [2.75, 3.05) is 31.5 Å². The van der Waals surface area contributed by atoms with E-state index in [4.69, 9.17) is 0 Å². The second kappa shape index (κ2) is 5.72.